The van der Waals surface area contributed by atoms with Crippen LogP contribution in [0.4, 0.5) is 0 Å². The summed E-state index contributed by atoms with van der Waals surface area (Å²) in [5.74, 6) is 2.27. The summed E-state index contributed by atoms with van der Waals surface area (Å²) in [4.78, 5) is 0. The van der Waals surface area contributed by atoms with E-state index < -0.39 is 0 Å². The number of nitrogens with two attached hydrogens (primary N) is 1. The van der Waals surface area contributed by atoms with Crippen molar-refractivity contribution in [2.24, 2.45) is 5.73 Å². The van der Waals surface area contributed by atoms with E-state index in [1.54, 1.807) is 0 Å². The average Bonchev–Trinajstić information content (AvgIpc) is 2.93. The van der Waals surface area contributed by atoms with Crippen LogP contribution < -0.4 is 19.9 Å². The molecule has 1 aromatic rings. The zero-order chi connectivity index (χ0) is 14.0. The summed E-state index contributed by atoms with van der Waals surface area (Å²) >= 11 is 0. The Kier molecular flexibility index (Phi) is 6.43. The Labute approximate surface area is 118 Å². The van der Waals surface area contributed by atoms with E-state index in [4.69, 9.17) is 29.4 Å². The van der Waals surface area contributed by atoms with Gasteiger partial charge < -0.3 is 29.4 Å². The van der Waals surface area contributed by atoms with Gasteiger partial charge in [-0.2, -0.15) is 0 Å². The Morgan fingerprint density at radius 2 is 1.75 bits per heavy atom. The van der Waals surface area contributed by atoms with Gasteiger partial charge >= 0.3 is 0 Å². The molecule has 112 valence electrons. The summed E-state index contributed by atoms with van der Waals surface area (Å²) in [5.41, 5.74) is 5.30. The van der Waals surface area contributed by atoms with Gasteiger partial charge in [0.15, 0.2) is 11.5 Å². The first-order chi connectivity index (χ1) is 9.90. The molecule has 0 radical (unpaired) electrons. The predicted octanol–water partition coefficient (Wildman–Crippen LogP) is 1.18. The molecule has 1 aliphatic heterocycles. The third-order valence-corrected chi connectivity index (χ3v) is 2.68. The van der Waals surface area contributed by atoms with Gasteiger partial charge in [0.2, 0.25) is 6.79 Å². The maximum absolute atomic E-state index is 5.61. The SMILES string of the molecule is NCCOCCOCCCOc1ccc2c(c1)OCO2. The van der Waals surface area contributed by atoms with E-state index in [0.717, 1.165) is 23.7 Å². The van der Waals surface area contributed by atoms with Crippen molar-refractivity contribution in [2.75, 3.05) is 46.4 Å². The number of hydrogen-bond acceptors (Lipinski definition) is 6. The van der Waals surface area contributed by atoms with Crippen LogP contribution in [0.15, 0.2) is 18.2 Å². The van der Waals surface area contributed by atoms with Crippen LogP contribution in [0.2, 0.25) is 0 Å². The minimum Gasteiger partial charge on any atom is -0.493 e. The summed E-state index contributed by atoms with van der Waals surface area (Å²) in [5, 5.41) is 0. The van der Waals surface area contributed by atoms with Crippen molar-refractivity contribution in [3.8, 4) is 17.2 Å². The highest BCUT2D eigenvalue weighted by molar-refractivity contribution is 5.46. The largest absolute Gasteiger partial charge is 0.493 e. The van der Waals surface area contributed by atoms with Crippen LogP contribution >= 0.6 is 0 Å². The lowest BCUT2D eigenvalue weighted by atomic mass is 10.3. The van der Waals surface area contributed by atoms with Gasteiger partial charge in [-0.15, -0.1) is 0 Å². The van der Waals surface area contributed by atoms with Crippen LogP contribution in [-0.4, -0.2) is 46.4 Å². The van der Waals surface area contributed by atoms with Gasteiger partial charge in [-0.3, -0.25) is 0 Å². The third-order valence-electron chi connectivity index (χ3n) is 2.68. The predicted molar refractivity (Wildman–Crippen MR) is 73.4 cm³/mol. The van der Waals surface area contributed by atoms with Crippen molar-refractivity contribution >= 4 is 0 Å². The molecule has 0 atom stereocenters. The van der Waals surface area contributed by atoms with Crippen LogP contribution in [-0.2, 0) is 9.47 Å². The van der Waals surface area contributed by atoms with Gasteiger partial charge in [0.1, 0.15) is 5.75 Å². The van der Waals surface area contributed by atoms with Crippen molar-refractivity contribution in [3.05, 3.63) is 18.2 Å². The maximum atomic E-state index is 5.61. The molecule has 2 N–H and O–H groups in total. The van der Waals surface area contributed by atoms with E-state index in [1.165, 1.54) is 0 Å². The summed E-state index contributed by atoms with van der Waals surface area (Å²) in [7, 11) is 0. The second-order valence-electron chi connectivity index (χ2n) is 4.23. The molecular formula is C14H21NO5. The van der Waals surface area contributed by atoms with Gasteiger partial charge in [-0.1, -0.05) is 0 Å². The molecule has 0 spiro atoms. The molecule has 0 saturated heterocycles. The molecule has 1 heterocycles. The lowest BCUT2D eigenvalue weighted by Crippen LogP contribution is -2.12. The van der Waals surface area contributed by atoms with Gasteiger partial charge in [0, 0.05) is 25.6 Å². The standard InChI is InChI=1S/C14H21NO5/c15-4-7-17-9-8-16-5-1-6-18-12-2-3-13-14(10-12)20-11-19-13/h2-3,10H,1,4-9,11,15H2. The van der Waals surface area contributed by atoms with Gasteiger partial charge in [0.05, 0.1) is 26.4 Å². The van der Waals surface area contributed by atoms with Crippen molar-refractivity contribution in [2.45, 2.75) is 6.42 Å². The molecule has 0 fully saturated rings. The lowest BCUT2D eigenvalue weighted by molar-refractivity contribution is 0.0463. The highest BCUT2D eigenvalue weighted by atomic mass is 16.7. The Morgan fingerprint density at radius 3 is 2.60 bits per heavy atom. The zero-order valence-corrected chi connectivity index (χ0v) is 11.5. The molecule has 0 amide bonds. The maximum Gasteiger partial charge on any atom is 0.231 e. The lowest BCUT2D eigenvalue weighted by Gasteiger charge is -2.08. The van der Waals surface area contributed by atoms with Crippen LogP contribution in [0.3, 0.4) is 0 Å². The van der Waals surface area contributed by atoms with E-state index in [0.29, 0.717) is 39.6 Å². The van der Waals surface area contributed by atoms with E-state index in [9.17, 15) is 0 Å². The molecule has 0 saturated carbocycles. The first-order valence-corrected chi connectivity index (χ1v) is 6.78. The van der Waals surface area contributed by atoms with Crippen molar-refractivity contribution in [1.82, 2.24) is 0 Å². The Bertz CT molecular complexity index is 399. The molecule has 6 heteroatoms. The number of rotatable bonds is 10. The molecule has 1 aliphatic rings. The Balaban J connectivity index is 1.51. The first kappa shape index (κ1) is 14.9. The molecular weight excluding hydrogens is 262 g/mol. The van der Waals surface area contributed by atoms with Crippen LogP contribution in [0.5, 0.6) is 17.2 Å². The second kappa shape index (κ2) is 8.63. The molecule has 0 aliphatic carbocycles. The van der Waals surface area contributed by atoms with E-state index >= 15 is 0 Å². The molecule has 0 aromatic heterocycles. The summed E-state index contributed by atoms with van der Waals surface area (Å²) in [6.07, 6.45) is 0.825. The van der Waals surface area contributed by atoms with Crippen molar-refractivity contribution in [1.29, 1.82) is 0 Å². The average molecular weight is 283 g/mol. The smallest absolute Gasteiger partial charge is 0.231 e. The quantitative estimate of drug-likeness (QED) is 0.650. The normalized spacial score (nSPS) is 12.7. The van der Waals surface area contributed by atoms with Gasteiger partial charge in [0.25, 0.3) is 0 Å². The molecule has 0 bridgehead atoms. The van der Waals surface area contributed by atoms with Crippen LogP contribution in [0.25, 0.3) is 0 Å². The summed E-state index contributed by atoms with van der Waals surface area (Å²) in [6, 6.07) is 5.56. The fourth-order valence-corrected chi connectivity index (χ4v) is 1.72. The van der Waals surface area contributed by atoms with Crippen LogP contribution in [0, 0.1) is 0 Å². The van der Waals surface area contributed by atoms with Gasteiger partial charge in [-0.05, 0) is 12.1 Å². The number of fused-ring (bicyclic) bond motifs is 1. The highest BCUT2D eigenvalue weighted by Crippen LogP contribution is 2.35. The molecule has 1 aromatic carbocycles. The molecule has 20 heavy (non-hydrogen) atoms. The van der Waals surface area contributed by atoms with E-state index in [2.05, 4.69) is 0 Å². The van der Waals surface area contributed by atoms with Crippen LogP contribution in [0.1, 0.15) is 6.42 Å². The summed E-state index contributed by atoms with van der Waals surface area (Å²) in [6.45, 7) is 3.82. The zero-order valence-electron chi connectivity index (χ0n) is 11.5. The van der Waals surface area contributed by atoms with Gasteiger partial charge in [-0.25, -0.2) is 0 Å². The van der Waals surface area contributed by atoms with E-state index in [1.807, 2.05) is 18.2 Å². The fourth-order valence-electron chi connectivity index (χ4n) is 1.72. The topological polar surface area (TPSA) is 72.2 Å². The Morgan fingerprint density at radius 1 is 0.950 bits per heavy atom. The Hall–Kier alpha value is -1.50. The van der Waals surface area contributed by atoms with Crippen molar-refractivity contribution < 1.29 is 23.7 Å². The molecule has 6 nitrogen and oxygen atoms in total. The fraction of sp³-hybridized carbons (Fsp3) is 0.571. The van der Waals surface area contributed by atoms with Crippen molar-refractivity contribution in [3.63, 3.8) is 0 Å². The monoisotopic (exact) mass is 283 g/mol. The molecule has 0 unspecified atom stereocenters. The first-order valence-electron chi connectivity index (χ1n) is 6.78. The molecule has 2 rings (SSSR count). The van der Waals surface area contributed by atoms with E-state index in [-0.39, 0.29) is 6.79 Å². The minimum atomic E-state index is 0.277. The summed E-state index contributed by atoms with van der Waals surface area (Å²) < 4.78 is 26.7. The second-order valence-corrected chi connectivity index (χ2v) is 4.23. The number of benzene rings is 1. The highest BCUT2D eigenvalue weighted by Gasteiger charge is 2.13. The minimum absolute atomic E-state index is 0.277. The third kappa shape index (κ3) is 4.88. The number of hydrogen-bond donors (Lipinski definition) is 1. The number of ether oxygens (including phenoxy) is 5.